The van der Waals surface area contributed by atoms with Crippen molar-refractivity contribution in [2.24, 2.45) is 7.05 Å². The van der Waals surface area contributed by atoms with E-state index in [0.717, 1.165) is 32.7 Å². The number of carbonyl (C=O) groups excluding carboxylic acids is 2. The molecule has 1 N–H and O–H groups in total. The van der Waals surface area contributed by atoms with Crippen LogP contribution in [0.1, 0.15) is 28.7 Å². The van der Waals surface area contributed by atoms with Crippen LogP contribution in [0.2, 0.25) is 0 Å². The van der Waals surface area contributed by atoms with Crippen molar-refractivity contribution in [3.8, 4) is 17.0 Å². The van der Waals surface area contributed by atoms with Crippen LogP contribution in [0.5, 0.6) is 5.75 Å². The number of carbonyl (C=O) groups is 2. The molecule has 0 atom stereocenters. The quantitative estimate of drug-likeness (QED) is 0.582. The van der Waals surface area contributed by atoms with Gasteiger partial charge in [-0.25, -0.2) is 0 Å². The lowest BCUT2D eigenvalue weighted by molar-refractivity contribution is -0.119. The molecule has 4 rings (SSSR count). The van der Waals surface area contributed by atoms with Gasteiger partial charge in [0.2, 0.25) is 5.91 Å². The molecule has 31 heavy (non-hydrogen) atoms. The van der Waals surface area contributed by atoms with E-state index in [4.69, 9.17) is 4.74 Å². The van der Waals surface area contributed by atoms with Crippen molar-refractivity contribution in [1.29, 1.82) is 0 Å². The summed E-state index contributed by atoms with van der Waals surface area (Å²) in [4.78, 5) is 30.8. The van der Waals surface area contributed by atoms with E-state index in [2.05, 4.69) is 31.3 Å². The van der Waals surface area contributed by atoms with Crippen molar-refractivity contribution in [2.45, 2.75) is 20.1 Å². The van der Waals surface area contributed by atoms with Crippen LogP contribution in [-0.4, -0.2) is 44.6 Å². The Hall–Kier alpha value is -3.20. The lowest BCUT2D eigenvalue weighted by Gasteiger charge is -2.23. The SMILES string of the molecule is CC(=O)NCCN(Cc1ccccn1)C(=O)c1nn(C)c2c1COc1ccc(Br)cc1-2. The van der Waals surface area contributed by atoms with Crippen LogP contribution in [-0.2, 0) is 25.0 Å². The molecule has 0 saturated heterocycles. The van der Waals surface area contributed by atoms with Crippen molar-refractivity contribution in [3.05, 3.63) is 64.0 Å². The number of nitrogens with one attached hydrogen (secondary N) is 1. The molecule has 9 heteroatoms. The van der Waals surface area contributed by atoms with E-state index in [1.807, 2.05) is 43.4 Å². The average Bonchev–Trinajstić information content (AvgIpc) is 3.10. The maximum atomic E-state index is 13.5. The minimum atomic E-state index is -0.227. The Morgan fingerprint density at radius 1 is 1.29 bits per heavy atom. The van der Waals surface area contributed by atoms with E-state index in [9.17, 15) is 9.59 Å². The number of amides is 2. The van der Waals surface area contributed by atoms with Gasteiger partial charge >= 0.3 is 0 Å². The zero-order valence-electron chi connectivity index (χ0n) is 17.3. The molecule has 8 nitrogen and oxygen atoms in total. The first-order valence-electron chi connectivity index (χ1n) is 9.86. The highest BCUT2D eigenvalue weighted by Gasteiger charge is 2.31. The summed E-state index contributed by atoms with van der Waals surface area (Å²) in [6.45, 7) is 2.71. The molecule has 0 unspecified atom stereocenters. The molecule has 1 aliphatic heterocycles. The summed E-state index contributed by atoms with van der Waals surface area (Å²) in [5, 5.41) is 7.29. The first kappa shape index (κ1) is 21.0. The molecule has 2 amide bonds. The maximum absolute atomic E-state index is 13.5. The standard InChI is InChI=1S/C22H22BrN5O3/c1-14(29)24-9-10-28(12-16-5-3-4-8-25-16)22(30)20-18-13-31-19-7-6-15(23)11-17(19)21(18)27(2)26-20/h3-8,11H,9-10,12-13H2,1-2H3,(H,24,29). The third-order valence-electron chi connectivity index (χ3n) is 5.04. The number of hydrogen-bond acceptors (Lipinski definition) is 5. The fraction of sp³-hybridized carbons (Fsp3) is 0.273. The summed E-state index contributed by atoms with van der Waals surface area (Å²) in [6.07, 6.45) is 1.69. The van der Waals surface area contributed by atoms with Gasteiger partial charge in [0, 0.05) is 48.9 Å². The number of aryl methyl sites for hydroxylation is 1. The summed E-state index contributed by atoms with van der Waals surface area (Å²) < 4.78 is 8.55. The van der Waals surface area contributed by atoms with Crippen LogP contribution in [0.3, 0.4) is 0 Å². The number of halogens is 1. The predicted octanol–water partition coefficient (Wildman–Crippen LogP) is 2.92. The third kappa shape index (κ3) is 4.46. The minimum Gasteiger partial charge on any atom is -0.488 e. The third-order valence-corrected chi connectivity index (χ3v) is 5.53. The van der Waals surface area contributed by atoms with Gasteiger partial charge in [-0.1, -0.05) is 22.0 Å². The van der Waals surface area contributed by atoms with E-state index in [1.54, 1.807) is 15.8 Å². The monoisotopic (exact) mass is 483 g/mol. The zero-order valence-corrected chi connectivity index (χ0v) is 18.8. The number of rotatable bonds is 6. The number of hydrogen-bond donors (Lipinski definition) is 1. The molecular weight excluding hydrogens is 462 g/mol. The second-order valence-electron chi connectivity index (χ2n) is 7.26. The van der Waals surface area contributed by atoms with Gasteiger partial charge in [0.15, 0.2) is 5.69 Å². The summed E-state index contributed by atoms with van der Waals surface area (Å²) >= 11 is 3.50. The van der Waals surface area contributed by atoms with Crippen molar-refractivity contribution in [1.82, 2.24) is 25.0 Å². The van der Waals surface area contributed by atoms with E-state index in [-0.39, 0.29) is 18.4 Å². The van der Waals surface area contributed by atoms with Gasteiger partial charge in [-0.05, 0) is 30.3 Å². The zero-order chi connectivity index (χ0) is 22.0. The van der Waals surface area contributed by atoms with E-state index in [0.29, 0.717) is 25.3 Å². The highest BCUT2D eigenvalue weighted by molar-refractivity contribution is 9.10. The number of pyridine rings is 1. The summed E-state index contributed by atoms with van der Waals surface area (Å²) in [5.41, 5.74) is 3.62. The fourth-order valence-electron chi connectivity index (χ4n) is 3.63. The molecule has 0 spiro atoms. The molecule has 0 aliphatic carbocycles. The molecule has 0 fully saturated rings. The largest absolute Gasteiger partial charge is 0.488 e. The number of nitrogens with zero attached hydrogens (tertiary/aromatic N) is 4. The number of ether oxygens (including phenoxy) is 1. The average molecular weight is 484 g/mol. The topological polar surface area (TPSA) is 89.4 Å². The Morgan fingerprint density at radius 2 is 2.13 bits per heavy atom. The first-order valence-corrected chi connectivity index (χ1v) is 10.7. The molecule has 0 radical (unpaired) electrons. The summed E-state index contributed by atoms with van der Waals surface area (Å²) in [6, 6.07) is 11.4. The van der Waals surface area contributed by atoms with Gasteiger partial charge in [-0.15, -0.1) is 0 Å². The molecule has 160 valence electrons. The molecule has 3 heterocycles. The molecule has 2 aromatic heterocycles. The maximum Gasteiger partial charge on any atom is 0.275 e. The highest BCUT2D eigenvalue weighted by Crippen LogP contribution is 2.40. The van der Waals surface area contributed by atoms with Crippen LogP contribution in [0.15, 0.2) is 47.1 Å². The Balaban J connectivity index is 1.67. The van der Waals surface area contributed by atoms with Gasteiger partial charge < -0.3 is 15.0 Å². The number of aromatic nitrogens is 3. The Bertz CT molecular complexity index is 1130. The van der Waals surface area contributed by atoms with Crippen LogP contribution < -0.4 is 10.1 Å². The molecular formula is C22H22BrN5O3. The van der Waals surface area contributed by atoms with Gasteiger partial charge in [0.1, 0.15) is 12.4 Å². The molecule has 0 bridgehead atoms. The van der Waals surface area contributed by atoms with E-state index < -0.39 is 0 Å². The highest BCUT2D eigenvalue weighted by atomic mass is 79.9. The van der Waals surface area contributed by atoms with Crippen molar-refractivity contribution < 1.29 is 14.3 Å². The smallest absolute Gasteiger partial charge is 0.275 e. The van der Waals surface area contributed by atoms with Crippen LogP contribution >= 0.6 is 15.9 Å². The fourth-order valence-corrected chi connectivity index (χ4v) is 3.99. The number of benzene rings is 1. The van der Waals surface area contributed by atoms with Crippen molar-refractivity contribution >= 4 is 27.7 Å². The Kier molecular flexibility index (Phi) is 6.03. The van der Waals surface area contributed by atoms with Crippen LogP contribution in [0.25, 0.3) is 11.3 Å². The van der Waals surface area contributed by atoms with Gasteiger partial charge in [-0.2, -0.15) is 5.10 Å². The lowest BCUT2D eigenvalue weighted by Crippen LogP contribution is -2.38. The van der Waals surface area contributed by atoms with E-state index in [1.165, 1.54) is 6.92 Å². The van der Waals surface area contributed by atoms with Gasteiger partial charge in [0.25, 0.3) is 5.91 Å². The Morgan fingerprint density at radius 3 is 2.87 bits per heavy atom. The second kappa shape index (κ2) is 8.89. The van der Waals surface area contributed by atoms with Crippen molar-refractivity contribution in [2.75, 3.05) is 13.1 Å². The molecule has 0 saturated carbocycles. The van der Waals surface area contributed by atoms with Gasteiger partial charge in [0.05, 0.1) is 17.9 Å². The summed E-state index contributed by atoms with van der Waals surface area (Å²) in [5.74, 6) is 0.389. The minimum absolute atomic E-state index is 0.143. The van der Waals surface area contributed by atoms with E-state index >= 15 is 0 Å². The molecule has 1 aliphatic rings. The second-order valence-corrected chi connectivity index (χ2v) is 8.17. The number of fused-ring (bicyclic) bond motifs is 3. The summed E-state index contributed by atoms with van der Waals surface area (Å²) in [7, 11) is 1.83. The normalized spacial score (nSPS) is 11.8. The first-order chi connectivity index (χ1) is 14.9. The predicted molar refractivity (Wildman–Crippen MR) is 118 cm³/mol. The van der Waals surface area contributed by atoms with Crippen LogP contribution in [0.4, 0.5) is 0 Å². The Labute approximate surface area is 188 Å². The lowest BCUT2D eigenvalue weighted by atomic mass is 10.0. The molecule has 1 aromatic carbocycles. The van der Waals surface area contributed by atoms with Crippen LogP contribution in [0, 0.1) is 0 Å². The van der Waals surface area contributed by atoms with Crippen molar-refractivity contribution in [3.63, 3.8) is 0 Å². The molecule has 3 aromatic rings. The van der Waals surface area contributed by atoms with Gasteiger partial charge in [-0.3, -0.25) is 19.3 Å².